The molecule has 0 unspecified atom stereocenters. The Bertz CT molecular complexity index is 472. The van der Waals surface area contributed by atoms with Gasteiger partial charge in [0, 0.05) is 12.8 Å². The molecule has 0 amide bonds. The van der Waals surface area contributed by atoms with Crippen LogP contribution in [0.25, 0.3) is 0 Å². The van der Waals surface area contributed by atoms with Gasteiger partial charge in [-0.25, -0.2) is 8.42 Å². The lowest BCUT2D eigenvalue weighted by molar-refractivity contribution is 0.0284. The standard InChI is InChI=1S/C13H21NO5S/c1-17-6-7-18-8-9-19-10-11-20(15,16)13-4-2-12(14)3-5-13/h2-5H,6-11,14H2,1H3. The zero-order valence-electron chi connectivity index (χ0n) is 11.6. The molecule has 0 aromatic heterocycles. The quantitative estimate of drug-likeness (QED) is 0.506. The van der Waals surface area contributed by atoms with Crippen LogP contribution in [0.2, 0.25) is 0 Å². The molecule has 2 N–H and O–H groups in total. The van der Waals surface area contributed by atoms with Gasteiger partial charge in [0.25, 0.3) is 0 Å². The number of sulfone groups is 1. The van der Waals surface area contributed by atoms with Crippen molar-refractivity contribution in [2.24, 2.45) is 0 Å². The van der Waals surface area contributed by atoms with Gasteiger partial charge in [0.05, 0.1) is 43.7 Å². The molecule has 0 heterocycles. The van der Waals surface area contributed by atoms with Gasteiger partial charge in [-0.2, -0.15) is 0 Å². The highest BCUT2D eigenvalue weighted by Gasteiger charge is 2.13. The minimum atomic E-state index is -3.32. The third kappa shape index (κ3) is 6.33. The average Bonchev–Trinajstić information content (AvgIpc) is 2.42. The number of rotatable bonds is 10. The number of hydrogen-bond acceptors (Lipinski definition) is 6. The maximum atomic E-state index is 11.9. The zero-order valence-corrected chi connectivity index (χ0v) is 12.4. The van der Waals surface area contributed by atoms with Crippen LogP contribution in [0.15, 0.2) is 29.2 Å². The second kappa shape index (κ2) is 8.91. The first-order valence-corrected chi connectivity index (χ1v) is 7.94. The number of hydrogen-bond donors (Lipinski definition) is 1. The van der Waals surface area contributed by atoms with Gasteiger partial charge in [0.1, 0.15) is 0 Å². The highest BCUT2D eigenvalue weighted by Crippen LogP contribution is 2.13. The third-order valence-electron chi connectivity index (χ3n) is 2.54. The van der Waals surface area contributed by atoms with Crippen molar-refractivity contribution in [1.82, 2.24) is 0 Å². The molecule has 0 atom stereocenters. The van der Waals surface area contributed by atoms with E-state index in [9.17, 15) is 8.42 Å². The summed E-state index contributed by atoms with van der Waals surface area (Å²) in [4.78, 5) is 0.256. The van der Waals surface area contributed by atoms with Crippen LogP contribution in [0.5, 0.6) is 0 Å². The van der Waals surface area contributed by atoms with E-state index in [1.807, 2.05) is 0 Å². The first kappa shape index (κ1) is 16.9. The van der Waals surface area contributed by atoms with E-state index in [2.05, 4.69) is 0 Å². The van der Waals surface area contributed by atoms with E-state index in [4.69, 9.17) is 19.9 Å². The molecule has 0 saturated heterocycles. The molecule has 1 aromatic rings. The largest absolute Gasteiger partial charge is 0.399 e. The van der Waals surface area contributed by atoms with E-state index in [-0.39, 0.29) is 17.3 Å². The summed E-state index contributed by atoms with van der Waals surface area (Å²) < 4.78 is 39.1. The second-order valence-corrected chi connectivity index (χ2v) is 6.21. The Morgan fingerprint density at radius 3 is 2.10 bits per heavy atom. The Hall–Kier alpha value is -1.15. The Morgan fingerprint density at radius 2 is 1.50 bits per heavy atom. The number of nitrogens with two attached hydrogens (primary N) is 1. The number of nitrogen functional groups attached to an aromatic ring is 1. The number of anilines is 1. The highest BCUT2D eigenvalue weighted by atomic mass is 32.2. The van der Waals surface area contributed by atoms with Gasteiger partial charge in [-0.15, -0.1) is 0 Å². The van der Waals surface area contributed by atoms with Crippen LogP contribution >= 0.6 is 0 Å². The lowest BCUT2D eigenvalue weighted by atomic mass is 10.3. The van der Waals surface area contributed by atoms with E-state index < -0.39 is 9.84 Å². The number of benzene rings is 1. The molecule has 6 nitrogen and oxygen atoms in total. The zero-order chi connectivity index (χ0) is 14.8. The topological polar surface area (TPSA) is 87.9 Å². The molecule has 114 valence electrons. The molecule has 7 heteroatoms. The fourth-order valence-corrected chi connectivity index (χ4v) is 2.55. The predicted octanol–water partition coefficient (Wildman–Crippen LogP) is 0.722. The van der Waals surface area contributed by atoms with E-state index in [0.717, 1.165) is 0 Å². The number of ether oxygens (including phenoxy) is 3. The van der Waals surface area contributed by atoms with Crippen LogP contribution in [0.4, 0.5) is 5.69 Å². The Morgan fingerprint density at radius 1 is 0.950 bits per heavy atom. The summed E-state index contributed by atoms with van der Waals surface area (Å²) in [7, 11) is -1.72. The van der Waals surface area contributed by atoms with Gasteiger partial charge < -0.3 is 19.9 Å². The van der Waals surface area contributed by atoms with E-state index in [0.29, 0.717) is 32.1 Å². The van der Waals surface area contributed by atoms with Crippen molar-refractivity contribution in [2.75, 3.05) is 51.6 Å². The first-order valence-electron chi connectivity index (χ1n) is 6.29. The molecule has 20 heavy (non-hydrogen) atoms. The van der Waals surface area contributed by atoms with Crippen LogP contribution in [0.1, 0.15) is 0 Å². The molecule has 0 aliphatic carbocycles. The SMILES string of the molecule is COCCOCCOCCS(=O)(=O)c1ccc(N)cc1. The molecule has 0 bridgehead atoms. The summed E-state index contributed by atoms with van der Waals surface area (Å²) >= 11 is 0. The predicted molar refractivity (Wildman–Crippen MR) is 76.4 cm³/mol. The minimum Gasteiger partial charge on any atom is -0.399 e. The summed E-state index contributed by atoms with van der Waals surface area (Å²) in [5, 5.41) is 0. The van der Waals surface area contributed by atoms with Gasteiger partial charge in [0.15, 0.2) is 9.84 Å². The average molecular weight is 303 g/mol. The van der Waals surface area contributed by atoms with Crippen molar-refractivity contribution >= 4 is 15.5 Å². The fourth-order valence-electron chi connectivity index (χ4n) is 1.43. The van der Waals surface area contributed by atoms with Crippen LogP contribution in [0.3, 0.4) is 0 Å². The lowest BCUT2D eigenvalue weighted by Gasteiger charge is -2.07. The molecule has 0 aliphatic heterocycles. The molecule has 0 saturated carbocycles. The maximum Gasteiger partial charge on any atom is 0.180 e. The third-order valence-corrected chi connectivity index (χ3v) is 4.23. The van der Waals surface area contributed by atoms with E-state index in [1.165, 1.54) is 12.1 Å². The van der Waals surface area contributed by atoms with Gasteiger partial charge >= 0.3 is 0 Å². The maximum absolute atomic E-state index is 11.9. The smallest absolute Gasteiger partial charge is 0.180 e. The summed E-state index contributed by atoms with van der Waals surface area (Å²) in [6.45, 7) is 1.96. The Kier molecular flexibility index (Phi) is 7.53. The molecule has 1 aromatic carbocycles. The molecule has 1 rings (SSSR count). The molecule has 0 radical (unpaired) electrons. The van der Waals surface area contributed by atoms with E-state index >= 15 is 0 Å². The normalized spacial score (nSPS) is 11.7. The summed E-state index contributed by atoms with van der Waals surface area (Å²) in [5.41, 5.74) is 6.05. The van der Waals surface area contributed by atoms with Crippen LogP contribution in [-0.2, 0) is 24.0 Å². The second-order valence-electron chi connectivity index (χ2n) is 4.11. The van der Waals surface area contributed by atoms with Crippen molar-refractivity contribution in [3.05, 3.63) is 24.3 Å². The minimum absolute atomic E-state index is 0.0605. The number of methoxy groups -OCH3 is 1. The molecular weight excluding hydrogens is 282 g/mol. The van der Waals surface area contributed by atoms with Crippen molar-refractivity contribution < 1.29 is 22.6 Å². The lowest BCUT2D eigenvalue weighted by Crippen LogP contribution is -2.15. The van der Waals surface area contributed by atoms with Crippen molar-refractivity contribution in [1.29, 1.82) is 0 Å². The van der Waals surface area contributed by atoms with Gasteiger partial charge in [0.2, 0.25) is 0 Å². The van der Waals surface area contributed by atoms with Crippen molar-refractivity contribution in [2.45, 2.75) is 4.90 Å². The fraction of sp³-hybridized carbons (Fsp3) is 0.538. The summed E-state index contributed by atoms with van der Waals surface area (Å²) in [6, 6.07) is 6.13. The summed E-state index contributed by atoms with van der Waals surface area (Å²) in [6.07, 6.45) is 0. The van der Waals surface area contributed by atoms with E-state index in [1.54, 1.807) is 19.2 Å². The van der Waals surface area contributed by atoms with Crippen LogP contribution in [-0.4, -0.2) is 54.3 Å². The molecule has 0 fully saturated rings. The van der Waals surface area contributed by atoms with Crippen LogP contribution < -0.4 is 5.73 Å². The van der Waals surface area contributed by atoms with Gasteiger partial charge in [-0.05, 0) is 24.3 Å². The highest BCUT2D eigenvalue weighted by molar-refractivity contribution is 7.91. The van der Waals surface area contributed by atoms with Crippen LogP contribution in [0, 0.1) is 0 Å². The van der Waals surface area contributed by atoms with Gasteiger partial charge in [-0.1, -0.05) is 0 Å². The summed E-state index contributed by atoms with van der Waals surface area (Å²) in [5.74, 6) is -0.0605. The molecular formula is C13H21NO5S. The Labute approximate surface area is 119 Å². The molecule has 0 aliphatic rings. The van der Waals surface area contributed by atoms with Crippen molar-refractivity contribution in [3.8, 4) is 0 Å². The Balaban J connectivity index is 2.22. The monoisotopic (exact) mass is 303 g/mol. The molecule has 0 spiro atoms. The first-order chi connectivity index (χ1) is 9.56. The van der Waals surface area contributed by atoms with Crippen molar-refractivity contribution in [3.63, 3.8) is 0 Å². The van der Waals surface area contributed by atoms with Gasteiger partial charge in [-0.3, -0.25) is 0 Å².